The SMILES string of the molecule is COCCN(C(=O)[C@H](C)[C@H]1CC(F)(F)CN1[C@@]1(CC(=O)O)C(=O)Nc2c(Cl)cc(Cl)cc21)c1cc(Cl)cc(Cl)c1. The number of aliphatic carboxylic acids is 1. The van der Waals surface area contributed by atoms with Crippen LogP contribution in [-0.4, -0.2) is 66.6 Å². The molecule has 2 aliphatic rings. The van der Waals surface area contributed by atoms with Crippen molar-refractivity contribution in [3.8, 4) is 0 Å². The minimum atomic E-state index is -3.34. The van der Waals surface area contributed by atoms with Crippen molar-refractivity contribution in [1.82, 2.24) is 4.90 Å². The van der Waals surface area contributed by atoms with Crippen LogP contribution >= 0.6 is 46.4 Å². The Balaban J connectivity index is 1.82. The maximum absolute atomic E-state index is 15.2. The van der Waals surface area contributed by atoms with E-state index in [9.17, 15) is 19.5 Å². The molecule has 2 aliphatic heterocycles. The third kappa shape index (κ3) is 5.75. The first-order valence-corrected chi connectivity index (χ1v) is 13.6. The summed E-state index contributed by atoms with van der Waals surface area (Å²) < 4.78 is 35.5. The lowest BCUT2D eigenvalue weighted by molar-refractivity contribution is -0.147. The maximum Gasteiger partial charge on any atom is 0.306 e. The Morgan fingerprint density at radius 3 is 2.38 bits per heavy atom. The molecule has 8 nitrogen and oxygen atoms in total. The predicted octanol–water partition coefficient (Wildman–Crippen LogP) is 5.95. The van der Waals surface area contributed by atoms with E-state index in [0.717, 1.165) is 4.90 Å². The van der Waals surface area contributed by atoms with Crippen LogP contribution in [0.15, 0.2) is 30.3 Å². The molecule has 0 spiro atoms. The lowest BCUT2D eigenvalue weighted by Gasteiger charge is -2.42. The van der Waals surface area contributed by atoms with Crippen molar-refractivity contribution in [1.29, 1.82) is 0 Å². The molecule has 3 atom stereocenters. The van der Waals surface area contributed by atoms with Crippen LogP contribution in [0.25, 0.3) is 0 Å². The summed E-state index contributed by atoms with van der Waals surface area (Å²) in [5.74, 6) is -7.32. The number of amides is 2. The smallest absolute Gasteiger partial charge is 0.306 e. The van der Waals surface area contributed by atoms with E-state index in [0.29, 0.717) is 5.69 Å². The highest BCUT2D eigenvalue weighted by molar-refractivity contribution is 6.38. The Kier molecular flexibility index (Phi) is 8.90. The number of nitrogens with one attached hydrogen (secondary N) is 1. The van der Waals surface area contributed by atoms with Gasteiger partial charge in [-0.25, -0.2) is 8.78 Å². The summed E-state index contributed by atoms with van der Waals surface area (Å²) >= 11 is 24.8. The molecule has 4 rings (SSSR count). The zero-order valence-electron chi connectivity index (χ0n) is 21.3. The highest BCUT2D eigenvalue weighted by Gasteiger charge is 2.62. The molecule has 0 radical (unpaired) electrons. The third-order valence-electron chi connectivity index (χ3n) is 7.23. The van der Waals surface area contributed by atoms with Crippen LogP contribution in [0.4, 0.5) is 20.2 Å². The first kappa shape index (κ1) is 30.7. The van der Waals surface area contributed by atoms with Crippen LogP contribution in [0.5, 0.6) is 0 Å². The molecule has 0 saturated carbocycles. The number of hydrogen-bond donors (Lipinski definition) is 2. The topological polar surface area (TPSA) is 99.2 Å². The molecule has 2 N–H and O–H groups in total. The summed E-state index contributed by atoms with van der Waals surface area (Å²) in [4.78, 5) is 42.0. The Bertz CT molecular complexity index is 1340. The fraction of sp³-hybridized carbons (Fsp3) is 0.423. The van der Waals surface area contributed by atoms with Gasteiger partial charge in [0.15, 0.2) is 0 Å². The Hall–Kier alpha value is -2.21. The van der Waals surface area contributed by atoms with Gasteiger partial charge < -0.3 is 20.1 Å². The quantitative estimate of drug-likeness (QED) is 0.352. The number of benzene rings is 2. The molecule has 1 saturated heterocycles. The molecule has 14 heteroatoms. The molecule has 1 fully saturated rings. The standard InChI is InChI=1S/C26H25Cl4F2N3O5/c1-13(23(38)34(3-4-40-2)17-6-14(27)5-15(28)7-17)20-10-25(31,32)12-35(20)26(11-21(36)37)18-8-16(29)9-19(30)22(18)33-24(26)39/h5-9,13,20H,3-4,10-12H2,1-2H3,(H,33,39)(H,36,37)/t13-,20-,26-/m1/s1. The van der Waals surface area contributed by atoms with Crippen molar-refractivity contribution >= 4 is 75.6 Å². The van der Waals surface area contributed by atoms with E-state index in [4.69, 9.17) is 51.1 Å². The molecule has 40 heavy (non-hydrogen) atoms. The van der Waals surface area contributed by atoms with Crippen molar-refractivity contribution in [3.05, 3.63) is 56.0 Å². The molecule has 0 aliphatic carbocycles. The average molecular weight is 639 g/mol. The summed E-state index contributed by atoms with van der Waals surface area (Å²) in [7, 11) is 1.44. The Morgan fingerprint density at radius 2 is 1.77 bits per heavy atom. The van der Waals surface area contributed by atoms with Gasteiger partial charge in [-0.05, 0) is 30.3 Å². The molecule has 2 heterocycles. The van der Waals surface area contributed by atoms with Gasteiger partial charge in [-0.15, -0.1) is 0 Å². The van der Waals surface area contributed by atoms with E-state index < -0.39 is 60.6 Å². The Morgan fingerprint density at radius 1 is 1.15 bits per heavy atom. The van der Waals surface area contributed by atoms with E-state index in [1.807, 2.05) is 0 Å². The van der Waals surface area contributed by atoms with Gasteiger partial charge in [0.25, 0.3) is 5.92 Å². The average Bonchev–Trinajstić information content (AvgIpc) is 3.32. The third-order valence-corrected chi connectivity index (χ3v) is 8.19. The van der Waals surface area contributed by atoms with Gasteiger partial charge in [0.2, 0.25) is 11.8 Å². The number of carboxylic acids is 1. The van der Waals surface area contributed by atoms with Crippen LogP contribution < -0.4 is 10.2 Å². The first-order chi connectivity index (χ1) is 18.7. The predicted molar refractivity (Wildman–Crippen MR) is 149 cm³/mol. The number of alkyl halides is 2. The van der Waals surface area contributed by atoms with Crippen LogP contribution in [0.1, 0.15) is 25.3 Å². The second-order valence-electron chi connectivity index (χ2n) is 9.85. The van der Waals surface area contributed by atoms with Crippen molar-refractivity contribution in [3.63, 3.8) is 0 Å². The summed E-state index contributed by atoms with van der Waals surface area (Å²) in [5, 5.41) is 13.0. The summed E-state index contributed by atoms with van der Waals surface area (Å²) in [5.41, 5.74) is -1.64. The molecular formula is C26H25Cl4F2N3O5. The highest BCUT2D eigenvalue weighted by Crippen LogP contribution is 2.52. The number of methoxy groups -OCH3 is 1. The summed E-state index contributed by atoms with van der Waals surface area (Å²) in [6, 6.07) is 5.93. The van der Waals surface area contributed by atoms with Crippen LogP contribution in [0.2, 0.25) is 20.1 Å². The van der Waals surface area contributed by atoms with E-state index in [-0.39, 0.29) is 44.5 Å². The lowest BCUT2D eigenvalue weighted by Crippen LogP contribution is -2.57. The molecule has 2 amide bonds. The molecular weight excluding hydrogens is 614 g/mol. The van der Waals surface area contributed by atoms with Crippen molar-refractivity contribution in [2.75, 3.05) is 37.0 Å². The van der Waals surface area contributed by atoms with Crippen LogP contribution in [-0.2, 0) is 24.7 Å². The van der Waals surface area contributed by atoms with Crippen LogP contribution in [0.3, 0.4) is 0 Å². The largest absolute Gasteiger partial charge is 0.481 e. The van der Waals surface area contributed by atoms with Crippen molar-refractivity contribution in [2.45, 2.75) is 37.3 Å². The highest BCUT2D eigenvalue weighted by atomic mass is 35.5. The Labute approximate surface area is 249 Å². The number of nitrogens with zero attached hydrogens (tertiary/aromatic N) is 2. The van der Waals surface area contributed by atoms with E-state index in [1.165, 1.54) is 49.3 Å². The van der Waals surface area contributed by atoms with Gasteiger partial charge in [0, 0.05) is 52.4 Å². The van der Waals surface area contributed by atoms with Gasteiger partial charge in [0.05, 0.1) is 36.2 Å². The molecule has 0 unspecified atom stereocenters. The van der Waals surface area contributed by atoms with Gasteiger partial charge in [-0.1, -0.05) is 53.3 Å². The second kappa shape index (κ2) is 11.6. The minimum absolute atomic E-state index is 0.0262. The van der Waals surface area contributed by atoms with Gasteiger partial charge in [-0.2, -0.15) is 0 Å². The summed E-state index contributed by atoms with van der Waals surface area (Å²) in [6.45, 7) is 0.651. The zero-order valence-corrected chi connectivity index (χ0v) is 24.3. The number of halogens is 6. The van der Waals surface area contributed by atoms with Crippen molar-refractivity contribution < 1.29 is 33.0 Å². The molecule has 216 valence electrons. The number of likely N-dealkylation sites (tertiary alicyclic amines) is 1. The van der Waals surface area contributed by atoms with E-state index in [1.54, 1.807) is 0 Å². The lowest BCUT2D eigenvalue weighted by atomic mass is 9.83. The zero-order chi connectivity index (χ0) is 29.6. The molecule has 2 aromatic carbocycles. The van der Waals surface area contributed by atoms with Gasteiger partial charge in [0.1, 0.15) is 5.54 Å². The number of rotatable bonds is 9. The fourth-order valence-corrected chi connectivity index (χ4v) is 6.57. The maximum atomic E-state index is 15.2. The van der Waals surface area contributed by atoms with Gasteiger partial charge in [-0.3, -0.25) is 19.3 Å². The number of hydrogen-bond acceptors (Lipinski definition) is 5. The number of anilines is 2. The van der Waals surface area contributed by atoms with Gasteiger partial charge >= 0.3 is 5.97 Å². The molecule has 2 aromatic rings. The van der Waals surface area contributed by atoms with E-state index in [2.05, 4.69) is 5.32 Å². The minimum Gasteiger partial charge on any atom is -0.481 e. The number of fused-ring (bicyclic) bond motifs is 1. The first-order valence-electron chi connectivity index (χ1n) is 12.1. The fourth-order valence-electron chi connectivity index (χ4n) is 5.51. The summed E-state index contributed by atoms with van der Waals surface area (Å²) in [6.07, 6.45) is -1.67. The normalized spacial score (nSPS) is 22.6. The van der Waals surface area contributed by atoms with E-state index >= 15 is 8.78 Å². The number of ether oxygens (including phenoxy) is 1. The number of carbonyl (C=O) groups is 3. The monoisotopic (exact) mass is 637 g/mol. The second-order valence-corrected chi connectivity index (χ2v) is 11.6. The molecule has 0 aromatic heterocycles. The molecule has 0 bridgehead atoms. The van der Waals surface area contributed by atoms with Crippen molar-refractivity contribution in [2.24, 2.45) is 5.92 Å². The number of carboxylic acid groups (broad SMARTS) is 1. The number of carbonyl (C=O) groups excluding carboxylic acids is 2. The van der Waals surface area contributed by atoms with Crippen LogP contribution in [0, 0.1) is 5.92 Å².